The van der Waals surface area contributed by atoms with Gasteiger partial charge in [-0.1, -0.05) is 0 Å². The topological polar surface area (TPSA) is 31.2 Å². The van der Waals surface area contributed by atoms with Crippen LogP contribution in [0, 0.1) is 21.3 Å². The zero-order chi connectivity index (χ0) is 16.4. The molecule has 0 saturated heterocycles. The number of carbonyl (C=O) groups is 1. The molecule has 4 fully saturated rings. The molecule has 4 aliphatic rings. The predicted molar refractivity (Wildman–Crippen MR) is 98.6 cm³/mol. The largest absolute Gasteiger partial charge is 0.443 e. The van der Waals surface area contributed by atoms with Gasteiger partial charge in [-0.15, -0.1) is 0 Å². The standard InChI is InChI=1S/C19H26INO2/c1-18(2,3)23-17(22)21-11-15(20)7-16(21)19-8-12-4-13(9-19)6-14(5-12)10-19/h7,11-14H,4-6,8-10H2,1-3H3. The highest BCUT2D eigenvalue weighted by atomic mass is 127. The minimum atomic E-state index is -0.453. The van der Waals surface area contributed by atoms with E-state index in [4.69, 9.17) is 4.74 Å². The number of hydrogen-bond donors (Lipinski definition) is 0. The van der Waals surface area contributed by atoms with Crippen LogP contribution >= 0.6 is 22.6 Å². The number of carbonyl (C=O) groups excluding carboxylic acids is 1. The van der Waals surface area contributed by atoms with Gasteiger partial charge in [-0.2, -0.15) is 0 Å². The summed E-state index contributed by atoms with van der Waals surface area (Å²) in [7, 11) is 0. The molecule has 1 aromatic heterocycles. The smallest absolute Gasteiger partial charge is 0.418 e. The molecule has 1 aromatic rings. The monoisotopic (exact) mass is 427 g/mol. The van der Waals surface area contributed by atoms with E-state index in [9.17, 15) is 4.79 Å². The Labute approximate surface area is 152 Å². The normalized spacial score (nSPS) is 35.6. The number of rotatable bonds is 1. The molecule has 0 spiro atoms. The molecule has 0 atom stereocenters. The minimum Gasteiger partial charge on any atom is -0.443 e. The maximum atomic E-state index is 12.7. The van der Waals surface area contributed by atoms with E-state index >= 15 is 0 Å². The van der Waals surface area contributed by atoms with E-state index in [1.807, 2.05) is 31.5 Å². The summed E-state index contributed by atoms with van der Waals surface area (Å²) in [5, 5.41) is 0. The number of hydrogen-bond acceptors (Lipinski definition) is 2. The van der Waals surface area contributed by atoms with E-state index in [0.29, 0.717) is 0 Å². The molecule has 3 nitrogen and oxygen atoms in total. The first-order valence-electron chi connectivity index (χ1n) is 8.86. The van der Waals surface area contributed by atoms with Crippen molar-refractivity contribution < 1.29 is 9.53 Å². The summed E-state index contributed by atoms with van der Waals surface area (Å²) < 4.78 is 8.62. The molecule has 23 heavy (non-hydrogen) atoms. The van der Waals surface area contributed by atoms with Crippen LogP contribution in [0.25, 0.3) is 0 Å². The van der Waals surface area contributed by atoms with Gasteiger partial charge >= 0.3 is 6.09 Å². The lowest BCUT2D eigenvalue weighted by Gasteiger charge is -2.56. The Morgan fingerprint density at radius 1 is 1.17 bits per heavy atom. The Morgan fingerprint density at radius 2 is 1.70 bits per heavy atom. The molecule has 0 amide bonds. The van der Waals surface area contributed by atoms with Gasteiger partial charge in [0.1, 0.15) is 5.60 Å². The number of nitrogens with zero attached hydrogens (tertiary/aromatic N) is 1. The van der Waals surface area contributed by atoms with Crippen molar-refractivity contribution in [1.82, 2.24) is 4.57 Å². The summed E-state index contributed by atoms with van der Waals surface area (Å²) in [5.74, 6) is 2.63. The molecule has 4 aliphatic carbocycles. The highest BCUT2D eigenvalue weighted by Gasteiger charge is 2.53. The lowest BCUT2D eigenvalue weighted by Crippen LogP contribution is -2.49. The van der Waals surface area contributed by atoms with Gasteiger partial charge in [0, 0.05) is 20.9 Å². The van der Waals surface area contributed by atoms with Gasteiger partial charge in [-0.3, -0.25) is 4.57 Å². The Hall–Kier alpha value is -0.520. The van der Waals surface area contributed by atoms with Crippen molar-refractivity contribution >= 4 is 28.7 Å². The van der Waals surface area contributed by atoms with Crippen molar-refractivity contribution in [2.45, 2.75) is 70.3 Å². The van der Waals surface area contributed by atoms with Gasteiger partial charge < -0.3 is 4.74 Å². The second-order valence-corrected chi connectivity index (χ2v) is 10.3. The fourth-order valence-electron chi connectivity index (χ4n) is 5.73. The zero-order valence-corrected chi connectivity index (χ0v) is 16.4. The average Bonchev–Trinajstić information content (AvgIpc) is 2.78. The van der Waals surface area contributed by atoms with Crippen LogP contribution < -0.4 is 0 Å². The van der Waals surface area contributed by atoms with E-state index in [1.54, 1.807) is 0 Å². The maximum absolute atomic E-state index is 12.7. The molecule has 0 unspecified atom stereocenters. The number of ether oxygens (including phenoxy) is 1. The summed E-state index contributed by atoms with van der Waals surface area (Å²) in [6.07, 6.45) is 9.80. The van der Waals surface area contributed by atoms with Crippen LogP contribution in [0.3, 0.4) is 0 Å². The lowest BCUT2D eigenvalue weighted by molar-refractivity contribution is -0.00982. The summed E-state index contributed by atoms with van der Waals surface area (Å²) >= 11 is 2.33. The van der Waals surface area contributed by atoms with Crippen LogP contribution in [-0.2, 0) is 10.2 Å². The highest BCUT2D eigenvalue weighted by molar-refractivity contribution is 14.1. The molecule has 4 saturated carbocycles. The van der Waals surface area contributed by atoms with Gasteiger partial charge in [-0.05, 0) is 106 Å². The molecule has 126 valence electrons. The first kappa shape index (κ1) is 16.0. The van der Waals surface area contributed by atoms with Gasteiger partial charge in [0.15, 0.2) is 0 Å². The zero-order valence-electron chi connectivity index (χ0n) is 14.3. The van der Waals surface area contributed by atoms with Crippen LogP contribution in [0.2, 0.25) is 0 Å². The Morgan fingerprint density at radius 3 is 2.17 bits per heavy atom. The lowest BCUT2D eigenvalue weighted by atomic mass is 9.49. The van der Waals surface area contributed by atoms with Crippen LogP contribution in [0.1, 0.15) is 65.0 Å². The van der Waals surface area contributed by atoms with E-state index in [2.05, 4.69) is 28.7 Å². The fraction of sp³-hybridized carbons (Fsp3) is 0.737. The number of halogens is 1. The van der Waals surface area contributed by atoms with Crippen molar-refractivity contribution in [1.29, 1.82) is 0 Å². The summed E-state index contributed by atoms with van der Waals surface area (Å²) in [6, 6.07) is 2.23. The molecule has 1 heterocycles. The Balaban J connectivity index is 1.71. The maximum Gasteiger partial charge on any atom is 0.418 e. The fourth-order valence-corrected chi connectivity index (χ4v) is 6.30. The third-order valence-corrected chi connectivity index (χ3v) is 6.55. The third-order valence-electron chi connectivity index (χ3n) is 5.96. The van der Waals surface area contributed by atoms with E-state index in [1.165, 1.54) is 44.2 Å². The Kier molecular flexibility index (Phi) is 3.64. The SMILES string of the molecule is CC(C)(C)OC(=O)n1cc(I)cc1C12CC3CC(CC(C3)C1)C2. The summed E-state index contributed by atoms with van der Waals surface area (Å²) in [4.78, 5) is 12.7. The molecule has 0 N–H and O–H groups in total. The quantitative estimate of drug-likeness (QED) is 0.567. The van der Waals surface area contributed by atoms with Gasteiger partial charge in [0.05, 0.1) is 0 Å². The second kappa shape index (κ2) is 5.24. The van der Waals surface area contributed by atoms with Crippen LogP contribution in [-0.4, -0.2) is 16.3 Å². The predicted octanol–water partition coefficient (Wildman–Crippen LogP) is 5.34. The van der Waals surface area contributed by atoms with Crippen LogP contribution in [0.5, 0.6) is 0 Å². The molecule has 0 radical (unpaired) electrons. The van der Waals surface area contributed by atoms with Crippen LogP contribution in [0.15, 0.2) is 12.3 Å². The van der Waals surface area contributed by atoms with Crippen molar-refractivity contribution in [2.75, 3.05) is 0 Å². The molecule has 4 bridgehead atoms. The summed E-state index contributed by atoms with van der Waals surface area (Å²) in [5.41, 5.74) is 0.982. The minimum absolute atomic E-state index is 0.217. The van der Waals surface area contributed by atoms with Crippen LogP contribution in [0.4, 0.5) is 4.79 Å². The number of aromatic nitrogens is 1. The molecule has 0 aromatic carbocycles. The summed E-state index contributed by atoms with van der Waals surface area (Å²) in [6.45, 7) is 5.80. The van der Waals surface area contributed by atoms with Crippen molar-refractivity contribution in [3.05, 3.63) is 21.5 Å². The first-order chi connectivity index (χ1) is 10.7. The average molecular weight is 427 g/mol. The van der Waals surface area contributed by atoms with E-state index in [-0.39, 0.29) is 11.5 Å². The molecular weight excluding hydrogens is 401 g/mol. The van der Waals surface area contributed by atoms with Crippen molar-refractivity contribution in [2.24, 2.45) is 17.8 Å². The molecule has 4 heteroatoms. The van der Waals surface area contributed by atoms with Crippen molar-refractivity contribution in [3.8, 4) is 0 Å². The second-order valence-electron chi connectivity index (χ2n) is 9.09. The van der Waals surface area contributed by atoms with E-state index in [0.717, 1.165) is 21.3 Å². The first-order valence-corrected chi connectivity index (χ1v) is 9.94. The Bertz CT molecular complexity index is 605. The van der Waals surface area contributed by atoms with Crippen molar-refractivity contribution in [3.63, 3.8) is 0 Å². The van der Waals surface area contributed by atoms with Gasteiger partial charge in [0.25, 0.3) is 0 Å². The van der Waals surface area contributed by atoms with Gasteiger partial charge in [0.2, 0.25) is 0 Å². The van der Waals surface area contributed by atoms with E-state index < -0.39 is 5.60 Å². The highest BCUT2D eigenvalue weighted by Crippen LogP contribution is 2.60. The molecule has 0 aliphatic heterocycles. The van der Waals surface area contributed by atoms with Gasteiger partial charge in [-0.25, -0.2) is 4.79 Å². The molecular formula is C19H26INO2. The third kappa shape index (κ3) is 2.85. The molecule has 5 rings (SSSR count).